The molecule has 0 amide bonds. The van der Waals surface area contributed by atoms with Crippen LogP contribution in [0.2, 0.25) is 0 Å². The highest BCUT2D eigenvalue weighted by molar-refractivity contribution is 5.94. The Hall–Kier alpha value is -1.39. The van der Waals surface area contributed by atoms with Crippen molar-refractivity contribution >= 4 is 5.78 Å². The Bertz CT molecular complexity index is 360. The van der Waals surface area contributed by atoms with E-state index in [1.165, 1.54) is 6.92 Å². The molecule has 0 aliphatic rings. The predicted molar refractivity (Wildman–Crippen MR) is 59.6 cm³/mol. The van der Waals surface area contributed by atoms with Crippen LogP contribution in [0.15, 0.2) is 18.2 Å². The lowest BCUT2D eigenvalue weighted by atomic mass is 10.1. The standard InChI is InChI=1S/C12H16O4/c1-9(15)10-3-4-12(11(7-10)8-14)16-6-2-5-13/h3-4,7,13-14H,2,5-6,8H2,1H3. The summed E-state index contributed by atoms with van der Waals surface area (Å²) in [5, 5.41) is 17.8. The fourth-order valence-corrected chi connectivity index (χ4v) is 1.31. The smallest absolute Gasteiger partial charge is 0.159 e. The Labute approximate surface area is 94.5 Å². The average Bonchev–Trinajstić information content (AvgIpc) is 2.29. The fourth-order valence-electron chi connectivity index (χ4n) is 1.31. The van der Waals surface area contributed by atoms with E-state index in [4.69, 9.17) is 14.9 Å². The minimum Gasteiger partial charge on any atom is -0.493 e. The Balaban J connectivity index is 2.80. The number of ketones is 1. The number of hydrogen-bond donors (Lipinski definition) is 2. The second-order valence-corrected chi connectivity index (χ2v) is 3.46. The van der Waals surface area contributed by atoms with Gasteiger partial charge >= 0.3 is 0 Å². The van der Waals surface area contributed by atoms with Gasteiger partial charge in [0.1, 0.15) is 5.75 Å². The van der Waals surface area contributed by atoms with Crippen LogP contribution in [-0.4, -0.2) is 29.2 Å². The molecule has 1 rings (SSSR count). The fraction of sp³-hybridized carbons (Fsp3) is 0.417. The number of Topliss-reactive ketones (excluding diaryl/α,β-unsaturated/α-hetero) is 1. The number of carbonyl (C=O) groups excluding carboxylic acids is 1. The molecule has 0 heterocycles. The van der Waals surface area contributed by atoms with Crippen LogP contribution in [0, 0.1) is 0 Å². The van der Waals surface area contributed by atoms with Crippen molar-refractivity contribution in [2.24, 2.45) is 0 Å². The van der Waals surface area contributed by atoms with Gasteiger partial charge in [-0.25, -0.2) is 0 Å². The first kappa shape index (κ1) is 12.7. The molecule has 0 saturated carbocycles. The number of benzene rings is 1. The number of rotatable bonds is 6. The summed E-state index contributed by atoms with van der Waals surface area (Å²) in [6.07, 6.45) is 0.541. The zero-order chi connectivity index (χ0) is 12.0. The number of ether oxygens (including phenoxy) is 1. The molecule has 0 unspecified atom stereocenters. The van der Waals surface area contributed by atoms with Gasteiger partial charge in [-0.15, -0.1) is 0 Å². The number of aliphatic hydroxyl groups excluding tert-OH is 2. The van der Waals surface area contributed by atoms with Gasteiger partial charge in [-0.3, -0.25) is 4.79 Å². The Morgan fingerprint density at radius 2 is 2.12 bits per heavy atom. The van der Waals surface area contributed by atoms with E-state index in [-0.39, 0.29) is 19.0 Å². The van der Waals surface area contributed by atoms with Crippen LogP contribution in [0.3, 0.4) is 0 Å². The average molecular weight is 224 g/mol. The molecule has 0 aliphatic heterocycles. The van der Waals surface area contributed by atoms with Crippen LogP contribution in [0.1, 0.15) is 29.3 Å². The highest BCUT2D eigenvalue weighted by atomic mass is 16.5. The summed E-state index contributed by atoms with van der Waals surface area (Å²) in [5.41, 5.74) is 1.14. The topological polar surface area (TPSA) is 66.8 Å². The highest BCUT2D eigenvalue weighted by Crippen LogP contribution is 2.20. The number of carbonyl (C=O) groups is 1. The molecule has 0 atom stereocenters. The van der Waals surface area contributed by atoms with E-state index in [0.717, 1.165) is 0 Å². The Morgan fingerprint density at radius 1 is 1.38 bits per heavy atom. The lowest BCUT2D eigenvalue weighted by Gasteiger charge is -2.10. The molecule has 0 bridgehead atoms. The first-order valence-corrected chi connectivity index (χ1v) is 5.17. The lowest BCUT2D eigenvalue weighted by Crippen LogP contribution is -2.03. The first-order chi connectivity index (χ1) is 7.69. The van der Waals surface area contributed by atoms with Gasteiger partial charge in [0.05, 0.1) is 13.2 Å². The van der Waals surface area contributed by atoms with Crippen molar-refractivity contribution in [3.05, 3.63) is 29.3 Å². The zero-order valence-electron chi connectivity index (χ0n) is 9.27. The lowest BCUT2D eigenvalue weighted by molar-refractivity contribution is 0.101. The molecule has 1 aromatic rings. The summed E-state index contributed by atoms with van der Waals surface area (Å²) in [6, 6.07) is 4.95. The van der Waals surface area contributed by atoms with E-state index in [0.29, 0.717) is 29.9 Å². The third-order valence-corrected chi connectivity index (χ3v) is 2.20. The second-order valence-electron chi connectivity index (χ2n) is 3.46. The van der Waals surface area contributed by atoms with Crippen LogP contribution in [-0.2, 0) is 6.61 Å². The van der Waals surface area contributed by atoms with Crippen LogP contribution in [0.25, 0.3) is 0 Å². The maximum atomic E-state index is 11.1. The van der Waals surface area contributed by atoms with Crippen LogP contribution in [0.4, 0.5) is 0 Å². The summed E-state index contributed by atoms with van der Waals surface area (Å²) in [5.74, 6) is 0.512. The highest BCUT2D eigenvalue weighted by Gasteiger charge is 2.06. The minimum absolute atomic E-state index is 0.0448. The molecule has 0 fully saturated rings. The first-order valence-electron chi connectivity index (χ1n) is 5.17. The third-order valence-electron chi connectivity index (χ3n) is 2.20. The second kappa shape index (κ2) is 6.25. The largest absolute Gasteiger partial charge is 0.493 e. The Kier molecular flexibility index (Phi) is 4.95. The monoisotopic (exact) mass is 224 g/mol. The maximum Gasteiger partial charge on any atom is 0.159 e. The van der Waals surface area contributed by atoms with Gasteiger partial charge in [0.2, 0.25) is 0 Å². The third kappa shape index (κ3) is 3.32. The summed E-state index contributed by atoms with van der Waals surface area (Å²) >= 11 is 0. The maximum absolute atomic E-state index is 11.1. The minimum atomic E-state index is -0.171. The molecule has 16 heavy (non-hydrogen) atoms. The molecule has 0 radical (unpaired) electrons. The summed E-state index contributed by atoms with van der Waals surface area (Å²) < 4.78 is 5.37. The van der Waals surface area contributed by atoms with Crippen molar-refractivity contribution < 1.29 is 19.7 Å². The van der Waals surface area contributed by atoms with Crippen molar-refractivity contribution in [2.75, 3.05) is 13.2 Å². The van der Waals surface area contributed by atoms with Crippen molar-refractivity contribution in [2.45, 2.75) is 20.0 Å². The number of hydrogen-bond acceptors (Lipinski definition) is 4. The molecule has 0 spiro atoms. The van der Waals surface area contributed by atoms with E-state index < -0.39 is 0 Å². The molecule has 0 saturated heterocycles. The summed E-state index contributed by atoms with van der Waals surface area (Å²) in [6.45, 7) is 1.77. The Morgan fingerprint density at radius 3 is 2.69 bits per heavy atom. The van der Waals surface area contributed by atoms with Gasteiger partial charge in [-0.1, -0.05) is 0 Å². The molecule has 2 N–H and O–H groups in total. The normalized spacial score (nSPS) is 10.2. The van der Waals surface area contributed by atoms with E-state index in [1.54, 1.807) is 18.2 Å². The quantitative estimate of drug-likeness (QED) is 0.561. The predicted octanol–water partition coefficient (Wildman–Crippen LogP) is 1.14. The molecule has 0 aliphatic carbocycles. The molecule has 1 aromatic carbocycles. The zero-order valence-corrected chi connectivity index (χ0v) is 9.27. The van der Waals surface area contributed by atoms with Gasteiger partial charge in [0.25, 0.3) is 0 Å². The van der Waals surface area contributed by atoms with E-state index in [1.807, 2.05) is 0 Å². The van der Waals surface area contributed by atoms with Crippen LogP contribution in [0.5, 0.6) is 5.75 Å². The summed E-state index contributed by atoms with van der Waals surface area (Å²) in [7, 11) is 0. The molecular weight excluding hydrogens is 208 g/mol. The number of aliphatic hydroxyl groups is 2. The molecule has 88 valence electrons. The van der Waals surface area contributed by atoms with Crippen molar-refractivity contribution in [1.29, 1.82) is 0 Å². The van der Waals surface area contributed by atoms with E-state index >= 15 is 0 Å². The molecule has 4 heteroatoms. The van der Waals surface area contributed by atoms with Gasteiger partial charge < -0.3 is 14.9 Å². The van der Waals surface area contributed by atoms with Crippen LogP contribution < -0.4 is 4.74 Å². The van der Waals surface area contributed by atoms with Gasteiger partial charge in [0, 0.05) is 24.2 Å². The summed E-state index contributed by atoms with van der Waals surface area (Å²) in [4.78, 5) is 11.1. The van der Waals surface area contributed by atoms with E-state index in [9.17, 15) is 4.79 Å². The molecule has 4 nitrogen and oxygen atoms in total. The molecule has 0 aromatic heterocycles. The SMILES string of the molecule is CC(=O)c1ccc(OCCCO)c(CO)c1. The molecular formula is C12H16O4. The van der Waals surface area contributed by atoms with Crippen molar-refractivity contribution in [3.8, 4) is 5.75 Å². The van der Waals surface area contributed by atoms with E-state index in [2.05, 4.69) is 0 Å². The van der Waals surface area contributed by atoms with Gasteiger partial charge in [-0.2, -0.15) is 0 Å². The van der Waals surface area contributed by atoms with Crippen LogP contribution >= 0.6 is 0 Å². The van der Waals surface area contributed by atoms with Gasteiger partial charge in [-0.05, 0) is 25.1 Å². The van der Waals surface area contributed by atoms with Crippen molar-refractivity contribution in [3.63, 3.8) is 0 Å². The van der Waals surface area contributed by atoms with Gasteiger partial charge in [0.15, 0.2) is 5.78 Å². The van der Waals surface area contributed by atoms with Crippen molar-refractivity contribution in [1.82, 2.24) is 0 Å².